The van der Waals surface area contributed by atoms with Gasteiger partial charge in [-0.1, -0.05) is 42.5 Å². The molecular formula is C26H26N4O4S2. The molecule has 0 saturated carbocycles. The van der Waals surface area contributed by atoms with Crippen molar-refractivity contribution in [2.24, 2.45) is 5.10 Å². The maximum atomic E-state index is 11.7. The van der Waals surface area contributed by atoms with Crippen molar-refractivity contribution in [3.8, 4) is 22.5 Å². The number of H-pyrrole nitrogens is 1. The highest BCUT2D eigenvalue weighted by Crippen LogP contribution is 2.25. The molecule has 186 valence electrons. The third-order valence-electron chi connectivity index (χ3n) is 5.63. The van der Waals surface area contributed by atoms with Gasteiger partial charge in [0.1, 0.15) is 0 Å². The summed E-state index contributed by atoms with van der Waals surface area (Å²) in [6, 6.07) is 23.1. The molecule has 2 N–H and O–H groups in total. The molecule has 0 saturated heterocycles. The predicted octanol–water partition coefficient (Wildman–Crippen LogP) is 4.06. The molecule has 0 fully saturated rings. The Balaban J connectivity index is 1.45. The molecule has 0 spiro atoms. The minimum atomic E-state index is -3.25. The largest absolute Gasteiger partial charge is 0.305 e. The number of hydrazone groups is 1. The normalized spacial score (nSPS) is 12.5. The van der Waals surface area contributed by atoms with E-state index in [0.717, 1.165) is 39.4 Å². The first-order valence-corrected chi connectivity index (χ1v) is 14.8. The Bertz CT molecular complexity index is 1620. The Morgan fingerprint density at radius 1 is 0.833 bits per heavy atom. The van der Waals surface area contributed by atoms with Gasteiger partial charge in [-0.05, 0) is 60.0 Å². The van der Waals surface area contributed by atoms with E-state index < -0.39 is 19.7 Å². The van der Waals surface area contributed by atoms with Gasteiger partial charge in [0.15, 0.2) is 19.7 Å². The van der Waals surface area contributed by atoms with Crippen LogP contribution < -0.4 is 5.43 Å². The Morgan fingerprint density at radius 2 is 1.44 bits per heavy atom. The second-order valence-corrected chi connectivity index (χ2v) is 12.5. The van der Waals surface area contributed by atoms with Crippen LogP contribution in [-0.4, -0.2) is 45.3 Å². The molecule has 4 rings (SSSR count). The Morgan fingerprint density at radius 3 is 2.06 bits per heavy atom. The van der Waals surface area contributed by atoms with Crippen LogP contribution in [0.1, 0.15) is 18.1 Å². The number of sulfone groups is 2. The van der Waals surface area contributed by atoms with Crippen LogP contribution in [0.15, 0.2) is 93.8 Å². The first-order chi connectivity index (χ1) is 17.0. The van der Waals surface area contributed by atoms with Crippen LogP contribution in [0.25, 0.3) is 22.5 Å². The van der Waals surface area contributed by atoms with Crippen molar-refractivity contribution >= 4 is 25.4 Å². The van der Waals surface area contributed by atoms with Gasteiger partial charge in [-0.2, -0.15) is 10.2 Å². The van der Waals surface area contributed by atoms with Crippen molar-refractivity contribution in [2.75, 3.05) is 12.5 Å². The summed E-state index contributed by atoms with van der Waals surface area (Å²) in [4.78, 5) is 0.558. The summed E-state index contributed by atoms with van der Waals surface area (Å²) in [5.74, 6) is 0. The standard InChI is InChI=1S/C26H26N4O4S2/c1-18(28-27-17-19-7-11-23(12-8-19)35(2,31)32)21-5-4-6-22(15-21)26-16-25(29-30-26)20-9-13-24(14-10-20)36(3,33)34/h4-16,27H,17H2,1-3H3,(H,29,30)/b28-18+. The lowest BCUT2D eigenvalue weighted by Gasteiger charge is -2.06. The van der Waals surface area contributed by atoms with Crippen LogP contribution in [0.3, 0.4) is 0 Å². The molecule has 0 radical (unpaired) electrons. The quantitative estimate of drug-likeness (QED) is 0.266. The van der Waals surface area contributed by atoms with Gasteiger partial charge in [-0.3, -0.25) is 5.10 Å². The van der Waals surface area contributed by atoms with E-state index in [1.54, 1.807) is 48.5 Å². The molecule has 0 bridgehead atoms. The van der Waals surface area contributed by atoms with Gasteiger partial charge in [0.25, 0.3) is 0 Å². The SMILES string of the molecule is C/C(=N\NCc1ccc(S(C)(=O)=O)cc1)c1cccc(-c2cc(-c3ccc(S(C)(=O)=O)cc3)[nH]n2)c1. The molecule has 36 heavy (non-hydrogen) atoms. The first-order valence-electron chi connectivity index (χ1n) is 11.0. The summed E-state index contributed by atoms with van der Waals surface area (Å²) >= 11 is 0. The Kier molecular flexibility index (Phi) is 7.09. The number of aromatic nitrogens is 2. The summed E-state index contributed by atoms with van der Waals surface area (Å²) in [5.41, 5.74) is 8.95. The fourth-order valence-electron chi connectivity index (χ4n) is 3.57. The molecule has 10 heteroatoms. The molecule has 0 amide bonds. The topological polar surface area (TPSA) is 121 Å². The minimum absolute atomic E-state index is 0.271. The van der Waals surface area contributed by atoms with Crippen LogP contribution >= 0.6 is 0 Å². The summed E-state index contributed by atoms with van der Waals surface area (Å²) < 4.78 is 46.5. The number of nitrogens with one attached hydrogen (secondary N) is 2. The van der Waals surface area contributed by atoms with Crippen molar-refractivity contribution in [1.82, 2.24) is 15.6 Å². The summed E-state index contributed by atoms with van der Waals surface area (Å²) in [6.07, 6.45) is 2.37. The zero-order chi connectivity index (χ0) is 25.9. The van der Waals surface area contributed by atoms with Gasteiger partial charge in [0.05, 0.1) is 33.4 Å². The maximum absolute atomic E-state index is 11.7. The van der Waals surface area contributed by atoms with Crippen molar-refractivity contribution in [2.45, 2.75) is 23.3 Å². The van der Waals surface area contributed by atoms with Crippen LogP contribution in [0, 0.1) is 0 Å². The van der Waals surface area contributed by atoms with Gasteiger partial charge in [-0.15, -0.1) is 0 Å². The van der Waals surface area contributed by atoms with Crippen molar-refractivity contribution < 1.29 is 16.8 Å². The van der Waals surface area contributed by atoms with Crippen LogP contribution in [0.2, 0.25) is 0 Å². The molecule has 0 aliphatic carbocycles. The highest BCUT2D eigenvalue weighted by Gasteiger charge is 2.10. The van der Waals surface area contributed by atoms with E-state index >= 15 is 0 Å². The molecular weight excluding hydrogens is 496 g/mol. The summed E-state index contributed by atoms with van der Waals surface area (Å²) in [6.45, 7) is 2.36. The molecule has 3 aromatic carbocycles. The summed E-state index contributed by atoms with van der Waals surface area (Å²) in [7, 11) is -6.46. The fraction of sp³-hybridized carbons (Fsp3) is 0.154. The first kappa shape index (κ1) is 25.3. The third kappa shape index (κ3) is 6.07. The highest BCUT2D eigenvalue weighted by molar-refractivity contribution is 7.91. The van der Waals surface area contributed by atoms with Gasteiger partial charge < -0.3 is 5.43 Å². The van der Waals surface area contributed by atoms with E-state index in [4.69, 9.17) is 0 Å². The fourth-order valence-corrected chi connectivity index (χ4v) is 4.83. The van der Waals surface area contributed by atoms with E-state index in [2.05, 4.69) is 20.7 Å². The second kappa shape index (κ2) is 10.1. The number of nitrogens with zero attached hydrogens (tertiary/aromatic N) is 2. The van der Waals surface area contributed by atoms with Gasteiger partial charge in [0, 0.05) is 18.1 Å². The molecule has 1 aromatic heterocycles. The lowest BCUT2D eigenvalue weighted by molar-refractivity contribution is 0.600. The third-order valence-corrected chi connectivity index (χ3v) is 7.89. The molecule has 0 unspecified atom stereocenters. The molecule has 8 nitrogen and oxygen atoms in total. The van der Waals surface area contributed by atoms with E-state index in [1.165, 1.54) is 12.5 Å². The lowest BCUT2D eigenvalue weighted by Crippen LogP contribution is -2.09. The average Bonchev–Trinajstić information content (AvgIpc) is 3.34. The van der Waals surface area contributed by atoms with Crippen molar-refractivity contribution in [3.63, 3.8) is 0 Å². The number of hydrogen-bond acceptors (Lipinski definition) is 7. The number of benzene rings is 3. The molecule has 0 atom stereocenters. The minimum Gasteiger partial charge on any atom is -0.305 e. The summed E-state index contributed by atoms with van der Waals surface area (Å²) in [5, 5.41) is 11.9. The average molecular weight is 523 g/mol. The number of hydrogen-bond donors (Lipinski definition) is 2. The lowest BCUT2D eigenvalue weighted by atomic mass is 10.0. The van der Waals surface area contributed by atoms with Crippen LogP contribution in [0.5, 0.6) is 0 Å². The van der Waals surface area contributed by atoms with Crippen molar-refractivity contribution in [1.29, 1.82) is 0 Å². The monoisotopic (exact) mass is 522 g/mol. The zero-order valence-electron chi connectivity index (χ0n) is 20.1. The molecule has 0 aliphatic heterocycles. The van der Waals surface area contributed by atoms with Gasteiger partial charge in [-0.25, -0.2) is 16.8 Å². The molecule has 0 aliphatic rings. The zero-order valence-corrected chi connectivity index (χ0v) is 21.7. The molecule has 1 heterocycles. The van der Waals surface area contributed by atoms with Gasteiger partial charge >= 0.3 is 0 Å². The highest BCUT2D eigenvalue weighted by atomic mass is 32.2. The smallest absolute Gasteiger partial charge is 0.175 e. The number of rotatable bonds is 8. The van der Waals surface area contributed by atoms with E-state index in [0.29, 0.717) is 6.54 Å². The van der Waals surface area contributed by atoms with Gasteiger partial charge in [0.2, 0.25) is 0 Å². The van der Waals surface area contributed by atoms with E-state index in [1.807, 2.05) is 37.3 Å². The number of aromatic amines is 1. The molecule has 4 aromatic rings. The predicted molar refractivity (Wildman–Crippen MR) is 141 cm³/mol. The van der Waals surface area contributed by atoms with Crippen molar-refractivity contribution in [3.05, 3.63) is 90.0 Å². The van der Waals surface area contributed by atoms with Crippen LogP contribution in [0.4, 0.5) is 0 Å². The Labute approximate surface area is 210 Å². The maximum Gasteiger partial charge on any atom is 0.175 e. The van der Waals surface area contributed by atoms with E-state index in [-0.39, 0.29) is 9.79 Å². The van der Waals surface area contributed by atoms with E-state index in [9.17, 15) is 16.8 Å². The second-order valence-electron chi connectivity index (χ2n) is 8.49. The van der Waals surface area contributed by atoms with Crippen LogP contribution in [-0.2, 0) is 26.2 Å². The Hall–Kier alpha value is -3.76.